The van der Waals surface area contributed by atoms with Crippen LogP contribution in [-0.4, -0.2) is 45.0 Å². The summed E-state index contributed by atoms with van der Waals surface area (Å²) in [6.07, 6.45) is 2.43. The van der Waals surface area contributed by atoms with E-state index in [2.05, 4.69) is 10.1 Å². The van der Waals surface area contributed by atoms with Gasteiger partial charge in [0.05, 0.1) is 18.4 Å². The lowest BCUT2D eigenvalue weighted by Crippen LogP contribution is -2.14. The summed E-state index contributed by atoms with van der Waals surface area (Å²) >= 11 is 12.6. The van der Waals surface area contributed by atoms with Gasteiger partial charge in [-0.2, -0.15) is 0 Å². The molecule has 1 heterocycles. The van der Waals surface area contributed by atoms with Crippen molar-refractivity contribution in [2.24, 2.45) is 5.16 Å². The summed E-state index contributed by atoms with van der Waals surface area (Å²) in [4.78, 5) is 7.53. The molecule has 2 aromatic rings. The smallest absolute Gasteiger partial charge is 0.156 e. The molecule has 1 aromatic carbocycles. The summed E-state index contributed by atoms with van der Waals surface area (Å²) in [5.74, 6) is 1.04. The Morgan fingerprint density at radius 3 is 2.62 bits per heavy atom. The van der Waals surface area contributed by atoms with E-state index in [0.717, 1.165) is 13.0 Å². The fraction of sp³-hybridized carbons (Fsp3) is 0.353. The van der Waals surface area contributed by atoms with E-state index in [9.17, 15) is 0 Å². The highest BCUT2D eigenvalue weighted by Crippen LogP contribution is 2.35. The molecule has 0 aliphatic carbocycles. The lowest BCUT2D eigenvalue weighted by Gasteiger charge is -2.11. The van der Waals surface area contributed by atoms with Crippen molar-refractivity contribution in [3.05, 3.63) is 51.9 Å². The van der Waals surface area contributed by atoms with E-state index < -0.39 is 0 Å². The maximum Gasteiger partial charge on any atom is 0.156 e. The largest absolute Gasteiger partial charge is 0.495 e. The zero-order valence-corrected chi connectivity index (χ0v) is 15.4. The summed E-state index contributed by atoms with van der Waals surface area (Å²) in [7, 11) is 5.56. The van der Waals surface area contributed by atoms with E-state index in [0.29, 0.717) is 39.4 Å². The van der Waals surface area contributed by atoms with E-state index in [1.807, 2.05) is 14.1 Å². The monoisotopic (exact) mass is 370 g/mol. The predicted octanol–water partition coefficient (Wildman–Crippen LogP) is 4.32. The molecule has 2 rings (SSSR count). The highest BCUT2D eigenvalue weighted by Gasteiger charge is 2.19. The molecule has 130 valence electrons. The van der Waals surface area contributed by atoms with Crippen LogP contribution in [0.2, 0.25) is 10.0 Å². The van der Waals surface area contributed by atoms with E-state index >= 15 is 0 Å². The zero-order valence-electron chi connectivity index (χ0n) is 13.9. The van der Waals surface area contributed by atoms with Crippen LogP contribution in [0.5, 0.6) is 5.75 Å². The van der Waals surface area contributed by atoms with E-state index in [4.69, 9.17) is 37.2 Å². The first-order valence-corrected chi connectivity index (χ1v) is 8.21. The topological polar surface area (TPSA) is 47.2 Å². The van der Waals surface area contributed by atoms with Crippen molar-refractivity contribution in [1.82, 2.24) is 4.90 Å². The van der Waals surface area contributed by atoms with Gasteiger partial charge in [0.15, 0.2) is 11.5 Å². The number of halogens is 2. The Kier molecular flexibility index (Phi) is 6.97. The van der Waals surface area contributed by atoms with Crippen molar-refractivity contribution in [3.8, 4) is 5.75 Å². The molecule has 0 unspecified atom stereocenters. The molecule has 0 saturated carbocycles. The lowest BCUT2D eigenvalue weighted by molar-refractivity contribution is 0.135. The Hall–Kier alpha value is -1.69. The number of hydrogen-bond donors (Lipinski definition) is 0. The first kappa shape index (κ1) is 18.6. The van der Waals surface area contributed by atoms with Crippen LogP contribution < -0.4 is 4.74 Å². The van der Waals surface area contributed by atoms with Gasteiger partial charge in [0.1, 0.15) is 17.4 Å². The molecule has 0 spiro atoms. The van der Waals surface area contributed by atoms with Crippen molar-refractivity contribution in [2.75, 3.05) is 34.4 Å². The fourth-order valence-electron chi connectivity index (χ4n) is 2.07. The molecule has 7 heteroatoms. The number of rotatable bonds is 8. The third-order valence-corrected chi connectivity index (χ3v) is 4.14. The molecule has 0 N–H and O–H groups in total. The second kappa shape index (κ2) is 8.97. The van der Waals surface area contributed by atoms with Gasteiger partial charge in [0.2, 0.25) is 0 Å². The molecule has 0 radical (unpaired) electrons. The molecular weight excluding hydrogens is 351 g/mol. The van der Waals surface area contributed by atoms with Crippen molar-refractivity contribution < 1.29 is 14.0 Å². The third-order valence-electron chi connectivity index (χ3n) is 3.27. The van der Waals surface area contributed by atoms with E-state index in [-0.39, 0.29) is 0 Å². The number of hydrogen-bond acceptors (Lipinski definition) is 5. The SMILES string of the molecule is COc1ccc(C(=NOCCCN(C)C)c2ccco2)c(Cl)c1Cl. The Bertz CT molecular complexity index is 685. The molecule has 1 aromatic heterocycles. The maximum absolute atomic E-state index is 6.37. The van der Waals surface area contributed by atoms with Crippen LogP contribution in [0.1, 0.15) is 17.7 Å². The van der Waals surface area contributed by atoms with Crippen molar-refractivity contribution in [3.63, 3.8) is 0 Å². The second-order valence-corrected chi connectivity index (χ2v) is 6.11. The van der Waals surface area contributed by atoms with Gasteiger partial charge in [-0.3, -0.25) is 0 Å². The van der Waals surface area contributed by atoms with Crippen LogP contribution in [0.4, 0.5) is 0 Å². The average Bonchev–Trinajstić information content (AvgIpc) is 3.08. The number of ether oxygens (including phenoxy) is 1. The standard InChI is InChI=1S/C17H20Cl2N2O3/c1-21(2)9-5-11-24-20-17(14-6-4-10-23-14)12-7-8-13(22-3)16(19)15(12)18/h4,6-8,10H,5,9,11H2,1-3H3. The highest BCUT2D eigenvalue weighted by atomic mass is 35.5. The van der Waals surface area contributed by atoms with Crippen molar-refractivity contribution in [1.29, 1.82) is 0 Å². The Morgan fingerprint density at radius 1 is 1.21 bits per heavy atom. The van der Waals surface area contributed by atoms with E-state index in [1.54, 1.807) is 30.5 Å². The molecule has 0 saturated heterocycles. The molecule has 24 heavy (non-hydrogen) atoms. The summed E-state index contributed by atoms with van der Waals surface area (Å²) in [5, 5.41) is 4.87. The van der Waals surface area contributed by atoms with Gasteiger partial charge in [-0.1, -0.05) is 28.4 Å². The molecule has 0 aliphatic rings. The first-order valence-electron chi connectivity index (χ1n) is 7.45. The summed E-state index contributed by atoms with van der Waals surface area (Å²) in [5.41, 5.74) is 1.10. The van der Waals surface area contributed by atoms with Crippen LogP contribution in [0, 0.1) is 0 Å². The number of nitrogens with zero attached hydrogens (tertiary/aromatic N) is 2. The zero-order chi connectivity index (χ0) is 17.5. The highest BCUT2D eigenvalue weighted by molar-refractivity contribution is 6.45. The normalized spacial score (nSPS) is 11.8. The Morgan fingerprint density at radius 2 is 2.00 bits per heavy atom. The second-order valence-electron chi connectivity index (χ2n) is 5.35. The molecule has 0 amide bonds. The Labute approximate surface area is 151 Å². The average molecular weight is 371 g/mol. The van der Waals surface area contributed by atoms with Gasteiger partial charge in [-0.05, 0) is 44.8 Å². The van der Waals surface area contributed by atoms with Gasteiger partial charge in [0, 0.05) is 12.1 Å². The molecule has 0 bridgehead atoms. The number of methoxy groups -OCH3 is 1. The van der Waals surface area contributed by atoms with Gasteiger partial charge >= 0.3 is 0 Å². The minimum Gasteiger partial charge on any atom is -0.495 e. The maximum atomic E-state index is 6.37. The van der Waals surface area contributed by atoms with E-state index in [1.165, 1.54) is 7.11 Å². The van der Waals surface area contributed by atoms with Crippen LogP contribution in [0.15, 0.2) is 40.1 Å². The van der Waals surface area contributed by atoms with Gasteiger partial charge < -0.3 is 18.9 Å². The number of furan rings is 1. The van der Waals surface area contributed by atoms with Gasteiger partial charge in [0.25, 0.3) is 0 Å². The lowest BCUT2D eigenvalue weighted by atomic mass is 10.1. The van der Waals surface area contributed by atoms with Crippen LogP contribution >= 0.6 is 23.2 Å². The van der Waals surface area contributed by atoms with Crippen LogP contribution in [0.25, 0.3) is 0 Å². The van der Waals surface area contributed by atoms with Crippen molar-refractivity contribution in [2.45, 2.75) is 6.42 Å². The third kappa shape index (κ3) is 4.66. The molecule has 0 fully saturated rings. The molecule has 5 nitrogen and oxygen atoms in total. The summed E-state index contributed by atoms with van der Waals surface area (Å²) < 4.78 is 10.6. The Balaban J connectivity index is 2.26. The van der Waals surface area contributed by atoms with Crippen LogP contribution in [-0.2, 0) is 4.84 Å². The number of benzene rings is 1. The minimum absolute atomic E-state index is 0.323. The molecule has 0 aliphatic heterocycles. The summed E-state index contributed by atoms with van der Waals surface area (Å²) in [6.45, 7) is 1.41. The molecule has 0 atom stereocenters. The molecular formula is C17H20Cl2N2O3. The van der Waals surface area contributed by atoms with Gasteiger partial charge in [-0.15, -0.1) is 0 Å². The summed E-state index contributed by atoms with van der Waals surface area (Å²) in [6, 6.07) is 7.07. The predicted molar refractivity (Wildman–Crippen MR) is 96.5 cm³/mol. The minimum atomic E-state index is 0.323. The first-order chi connectivity index (χ1) is 11.5. The number of oxime groups is 1. The quantitative estimate of drug-likeness (QED) is 0.394. The van der Waals surface area contributed by atoms with Crippen molar-refractivity contribution >= 4 is 28.9 Å². The van der Waals surface area contributed by atoms with Crippen LogP contribution in [0.3, 0.4) is 0 Å². The van der Waals surface area contributed by atoms with Gasteiger partial charge in [-0.25, -0.2) is 0 Å². The fourth-order valence-corrected chi connectivity index (χ4v) is 2.56.